The largest absolute Gasteiger partial charge is 0.294 e. The van der Waals surface area contributed by atoms with Crippen LogP contribution in [0.3, 0.4) is 0 Å². The molecular formula is C22H34O2. The zero-order valence-corrected chi connectivity index (χ0v) is 16.3. The molecule has 0 aromatic heterocycles. The summed E-state index contributed by atoms with van der Waals surface area (Å²) in [4.78, 5) is 25.6. The van der Waals surface area contributed by atoms with Gasteiger partial charge in [-0.3, -0.25) is 9.59 Å². The van der Waals surface area contributed by atoms with Gasteiger partial charge in [0.1, 0.15) is 0 Å². The van der Waals surface area contributed by atoms with Gasteiger partial charge < -0.3 is 0 Å². The SMILES string of the molecule is CC(C)[C@H]1CC[C@@H](C)C(=CC=C2C(=O)[C@@H](C(C)C)CC[C@@H]2C)C1=O. The van der Waals surface area contributed by atoms with Crippen molar-refractivity contribution in [3.63, 3.8) is 0 Å². The van der Waals surface area contributed by atoms with Crippen LogP contribution in [0.5, 0.6) is 0 Å². The Hall–Kier alpha value is -1.18. The zero-order chi connectivity index (χ0) is 18.0. The quantitative estimate of drug-likeness (QED) is 0.651. The van der Waals surface area contributed by atoms with Crippen molar-refractivity contribution < 1.29 is 9.59 Å². The fraction of sp³-hybridized carbons (Fsp3) is 0.727. The van der Waals surface area contributed by atoms with Crippen LogP contribution in [-0.2, 0) is 9.59 Å². The van der Waals surface area contributed by atoms with E-state index in [0.29, 0.717) is 35.2 Å². The summed E-state index contributed by atoms with van der Waals surface area (Å²) in [6.45, 7) is 12.8. The summed E-state index contributed by atoms with van der Waals surface area (Å²) < 4.78 is 0. The summed E-state index contributed by atoms with van der Waals surface area (Å²) in [6.07, 6.45) is 8.10. The third kappa shape index (κ3) is 3.90. The standard InChI is InChI=1S/C22H34O2/c1-13(2)17-9-7-15(5)19(21(17)23)11-12-20-16(6)8-10-18(14(3)4)22(20)24/h11-18H,7-10H2,1-6H3/t15-,16+,17-,18-/m1/s1. The minimum absolute atomic E-state index is 0.147. The Kier molecular flexibility index (Phi) is 6.22. The Bertz CT molecular complexity index is 500. The molecule has 134 valence electrons. The summed E-state index contributed by atoms with van der Waals surface area (Å²) in [5.41, 5.74) is 1.86. The highest BCUT2D eigenvalue weighted by atomic mass is 16.1. The molecule has 2 fully saturated rings. The Morgan fingerprint density at radius 1 is 0.708 bits per heavy atom. The molecule has 2 nitrogen and oxygen atoms in total. The molecule has 0 aliphatic heterocycles. The molecular weight excluding hydrogens is 296 g/mol. The monoisotopic (exact) mass is 330 g/mol. The van der Waals surface area contributed by atoms with Crippen LogP contribution in [0.2, 0.25) is 0 Å². The molecule has 0 spiro atoms. The molecule has 0 unspecified atom stereocenters. The van der Waals surface area contributed by atoms with Crippen molar-refractivity contribution in [2.24, 2.45) is 35.5 Å². The van der Waals surface area contributed by atoms with Crippen LogP contribution in [0.1, 0.15) is 67.2 Å². The number of Topliss-reactive ketones (excluding diaryl/α,β-unsaturated/α-hetero) is 2. The van der Waals surface area contributed by atoms with Gasteiger partial charge in [-0.1, -0.05) is 53.7 Å². The van der Waals surface area contributed by atoms with Gasteiger partial charge in [0.05, 0.1) is 0 Å². The fourth-order valence-electron chi connectivity index (χ4n) is 4.29. The lowest BCUT2D eigenvalue weighted by molar-refractivity contribution is -0.123. The fourth-order valence-corrected chi connectivity index (χ4v) is 4.29. The van der Waals surface area contributed by atoms with Crippen LogP contribution in [0.4, 0.5) is 0 Å². The first-order chi connectivity index (χ1) is 11.2. The maximum atomic E-state index is 12.8. The molecule has 0 saturated heterocycles. The molecule has 24 heavy (non-hydrogen) atoms. The molecule has 0 aromatic rings. The van der Waals surface area contributed by atoms with Crippen molar-refractivity contribution in [3.05, 3.63) is 23.3 Å². The maximum Gasteiger partial charge on any atom is 0.162 e. The van der Waals surface area contributed by atoms with E-state index in [1.165, 1.54) is 0 Å². The van der Waals surface area contributed by atoms with Crippen molar-refractivity contribution in [1.82, 2.24) is 0 Å². The molecule has 2 aliphatic carbocycles. The van der Waals surface area contributed by atoms with Gasteiger partial charge in [0.25, 0.3) is 0 Å². The predicted molar refractivity (Wildman–Crippen MR) is 99.6 cm³/mol. The molecule has 2 saturated carbocycles. The lowest BCUT2D eigenvalue weighted by Gasteiger charge is -2.31. The molecule has 0 heterocycles. The number of hydrogen-bond donors (Lipinski definition) is 0. The van der Waals surface area contributed by atoms with E-state index in [1.807, 2.05) is 12.2 Å². The van der Waals surface area contributed by atoms with E-state index in [9.17, 15) is 9.59 Å². The Morgan fingerprint density at radius 3 is 1.33 bits per heavy atom. The maximum absolute atomic E-state index is 12.8. The second-order valence-electron chi connectivity index (χ2n) is 8.63. The zero-order valence-electron chi connectivity index (χ0n) is 16.3. The number of allylic oxidation sites excluding steroid dienone is 4. The minimum atomic E-state index is 0.147. The van der Waals surface area contributed by atoms with Gasteiger partial charge in [0, 0.05) is 11.8 Å². The lowest BCUT2D eigenvalue weighted by atomic mass is 9.72. The highest BCUT2D eigenvalue weighted by Crippen LogP contribution is 2.36. The van der Waals surface area contributed by atoms with E-state index in [1.54, 1.807) is 0 Å². The highest BCUT2D eigenvalue weighted by molar-refractivity contribution is 6.01. The molecule has 2 heteroatoms. The second kappa shape index (κ2) is 7.80. The van der Waals surface area contributed by atoms with E-state index in [0.717, 1.165) is 36.8 Å². The average molecular weight is 331 g/mol. The van der Waals surface area contributed by atoms with Crippen molar-refractivity contribution >= 4 is 11.6 Å². The van der Waals surface area contributed by atoms with Crippen molar-refractivity contribution in [3.8, 4) is 0 Å². The van der Waals surface area contributed by atoms with Gasteiger partial charge in [-0.15, -0.1) is 0 Å². The molecule has 0 radical (unpaired) electrons. The smallest absolute Gasteiger partial charge is 0.162 e. The topological polar surface area (TPSA) is 34.1 Å². The van der Waals surface area contributed by atoms with E-state index >= 15 is 0 Å². The third-order valence-corrected chi connectivity index (χ3v) is 6.18. The van der Waals surface area contributed by atoms with Gasteiger partial charge in [0.15, 0.2) is 11.6 Å². The summed E-state index contributed by atoms with van der Waals surface area (Å²) in [5.74, 6) is 2.29. The Morgan fingerprint density at radius 2 is 1.04 bits per heavy atom. The van der Waals surface area contributed by atoms with E-state index in [-0.39, 0.29) is 11.8 Å². The molecule has 4 atom stereocenters. The summed E-state index contributed by atoms with van der Waals surface area (Å²) in [6, 6.07) is 0. The summed E-state index contributed by atoms with van der Waals surface area (Å²) in [5, 5.41) is 0. The van der Waals surface area contributed by atoms with Crippen molar-refractivity contribution in [2.45, 2.75) is 67.2 Å². The summed E-state index contributed by atoms with van der Waals surface area (Å²) >= 11 is 0. The third-order valence-electron chi connectivity index (χ3n) is 6.18. The number of rotatable bonds is 3. The number of carbonyl (C=O) groups is 2. The van der Waals surface area contributed by atoms with Crippen LogP contribution in [0.25, 0.3) is 0 Å². The van der Waals surface area contributed by atoms with Gasteiger partial charge in [0.2, 0.25) is 0 Å². The van der Waals surface area contributed by atoms with Crippen molar-refractivity contribution in [2.75, 3.05) is 0 Å². The molecule has 0 bridgehead atoms. The van der Waals surface area contributed by atoms with Gasteiger partial charge >= 0.3 is 0 Å². The van der Waals surface area contributed by atoms with E-state index in [2.05, 4.69) is 41.5 Å². The van der Waals surface area contributed by atoms with Crippen LogP contribution < -0.4 is 0 Å². The second-order valence-corrected chi connectivity index (χ2v) is 8.63. The number of ketones is 2. The average Bonchev–Trinajstić information content (AvgIpc) is 2.48. The van der Waals surface area contributed by atoms with E-state index < -0.39 is 0 Å². The van der Waals surface area contributed by atoms with Crippen LogP contribution in [0.15, 0.2) is 23.3 Å². The first kappa shape index (κ1) is 19.1. The molecule has 2 rings (SSSR count). The molecule has 0 amide bonds. The normalized spacial score (nSPS) is 35.5. The van der Waals surface area contributed by atoms with Gasteiger partial charge in [-0.2, -0.15) is 0 Å². The van der Waals surface area contributed by atoms with Crippen LogP contribution in [0, 0.1) is 35.5 Å². The van der Waals surface area contributed by atoms with Gasteiger partial charge in [-0.25, -0.2) is 0 Å². The van der Waals surface area contributed by atoms with Gasteiger partial charge in [-0.05, 0) is 60.5 Å². The van der Waals surface area contributed by atoms with Crippen LogP contribution >= 0.6 is 0 Å². The summed E-state index contributed by atoms with van der Waals surface area (Å²) in [7, 11) is 0. The Balaban J connectivity index is 2.29. The first-order valence-electron chi connectivity index (χ1n) is 9.74. The Labute approximate surface area is 147 Å². The van der Waals surface area contributed by atoms with Crippen LogP contribution in [-0.4, -0.2) is 11.6 Å². The molecule has 2 aliphatic rings. The molecule has 0 aromatic carbocycles. The highest BCUT2D eigenvalue weighted by Gasteiger charge is 2.34. The number of carbonyl (C=O) groups excluding carboxylic acids is 2. The lowest BCUT2D eigenvalue weighted by Crippen LogP contribution is -2.31. The minimum Gasteiger partial charge on any atom is -0.294 e. The van der Waals surface area contributed by atoms with E-state index in [4.69, 9.17) is 0 Å². The first-order valence-corrected chi connectivity index (χ1v) is 9.74. The number of hydrogen-bond acceptors (Lipinski definition) is 2. The molecule has 0 N–H and O–H groups in total. The van der Waals surface area contributed by atoms with Crippen molar-refractivity contribution in [1.29, 1.82) is 0 Å². The predicted octanol–water partition coefficient (Wildman–Crippen LogP) is 5.38.